The largest absolute Gasteiger partial charge is 0.338 e. The van der Waals surface area contributed by atoms with Crippen molar-refractivity contribution in [2.24, 2.45) is 5.92 Å². The molecule has 1 amide bonds. The van der Waals surface area contributed by atoms with E-state index in [1.165, 1.54) is 4.90 Å². The molecule has 0 spiro atoms. The number of alkyl halides is 1. The summed E-state index contributed by atoms with van der Waals surface area (Å²) >= 11 is 3.38. The predicted molar refractivity (Wildman–Crippen MR) is 75.4 cm³/mol. The van der Waals surface area contributed by atoms with Crippen molar-refractivity contribution in [2.45, 2.75) is 12.8 Å². The Bertz CT molecular complexity index is 575. The lowest BCUT2D eigenvalue weighted by atomic mass is 9.98. The molecule has 0 bridgehead atoms. The number of hydrogen-bond donors (Lipinski definition) is 0. The highest BCUT2D eigenvalue weighted by Gasteiger charge is 2.29. The number of piperidine rings is 1. The van der Waals surface area contributed by atoms with Crippen molar-refractivity contribution in [1.82, 2.24) is 4.90 Å². The van der Waals surface area contributed by atoms with Crippen LogP contribution in [0, 0.1) is 27.7 Å². The van der Waals surface area contributed by atoms with E-state index in [0.717, 1.165) is 18.2 Å². The van der Waals surface area contributed by atoms with E-state index >= 15 is 0 Å². The quantitative estimate of drug-likeness (QED) is 0.471. The van der Waals surface area contributed by atoms with Crippen molar-refractivity contribution in [3.05, 3.63) is 39.4 Å². The van der Waals surface area contributed by atoms with Gasteiger partial charge in [-0.3, -0.25) is 14.9 Å². The molecule has 8 heteroatoms. The molecule has 0 radical (unpaired) electrons. The van der Waals surface area contributed by atoms with Crippen LogP contribution in [0.15, 0.2) is 12.1 Å². The normalized spacial score (nSPS) is 16.0. The maximum absolute atomic E-state index is 13.3. The van der Waals surface area contributed by atoms with Gasteiger partial charge in [-0.05, 0) is 24.8 Å². The number of hydrogen-bond acceptors (Lipinski definition) is 3. The van der Waals surface area contributed by atoms with Crippen molar-refractivity contribution in [3.8, 4) is 0 Å². The molecule has 0 atom stereocenters. The molecule has 1 aliphatic heterocycles. The third-order valence-electron chi connectivity index (χ3n) is 3.59. The van der Waals surface area contributed by atoms with Crippen LogP contribution in [-0.4, -0.2) is 34.2 Å². The molecule has 0 N–H and O–H groups in total. The van der Waals surface area contributed by atoms with Crippen LogP contribution in [0.3, 0.4) is 0 Å². The number of carbonyl (C=O) groups excluding carboxylic acids is 1. The van der Waals surface area contributed by atoms with E-state index in [9.17, 15) is 23.7 Å². The van der Waals surface area contributed by atoms with E-state index in [0.29, 0.717) is 31.1 Å². The Morgan fingerprint density at radius 3 is 2.43 bits per heavy atom. The minimum atomic E-state index is -1.34. The number of benzene rings is 1. The molecular weight excluding hydrogens is 350 g/mol. The van der Waals surface area contributed by atoms with E-state index in [4.69, 9.17) is 0 Å². The summed E-state index contributed by atoms with van der Waals surface area (Å²) in [5.41, 5.74) is -1.11. The topological polar surface area (TPSA) is 63.4 Å². The summed E-state index contributed by atoms with van der Waals surface area (Å²) in [6.45, 7) is 0.899. The fraction of sp³-hybridized carbons (Fsp3) is 0.462. The van der Waals surface area contributed by atoms with Crippen LogP contribution in [-0.2, 0) is 0 Å². The number of nitro benzene ring substituents is 1. The van der Waals surface area contributed by atoms with E-state index < -0.39 is 33.7 Å². The Hall–Kier alpha value is -1.57. The Balaban J connectivity index is 2.27. The van der Waals surface area contributed by atoms with Gasteiger partial charge in [-0.25, -0.2) is 8.78 Å². The van der Waals surface area contributed by atoms with Crippen LogP contribution in [0.4, 0.5) is 14.5 Å². The summed E-state index contributed by atoms with van der Waals surface area (Å²) < 4.78 is 26.4. The summed E-state index contributed by atoms with van der Waals surface area (Å²) in [5.74, 6) is -2.78. The monoisotopic (exact) mass is 362 g/mol. The van der Waals surface area contributed by atoms with Gasteiger partial charge >= 0.3 is 0 Å². The minimum Gasteiger partial charge on any atom is -0.338 e. The second-order valence-electron chi connectivity index (χ2n) is 4.93. The van der Waals surface area contributed by atoms with Gasteiger partial charge in [0.05, 0.1) is 11.0 Å². The van der Waals surface area contributed by atoms with Crippen molar-refractivity contribution in [1.29, 1.82) is 0 Å². The zero-order chi connectivity index (χ0) is 15.6. The lowest BCUT2D eigenvalue weighted by Gasteiger charge is -2.31. The van der Waals surface area contributed by atoms with Gasteiger partial charge in [-0.15, -0.1) is 0 Å². The van der Waals surface area contributed by atoms with E-state index in [2.05, 4.69) is 15.9 Å². The van der Waals surface area contributed by atoms with Gasteiger partial charge in [-0.1, -0.05) is 15.9 Å². The number of amides is 1. The Morgan fingerprint density at radius 2 is 1.90 bits per heavy atom. The average molecular weight is 363 g/mol. The van der Waals surface area contributed by atoms with Crippen molar-refractivity contribution in [2.75, 3.05) is 18.4 Å². The second-order valence-corrected chi connectivity index (χ2v) is 5.58. The van der Waals surface area contributed by atoms with Crippen LogP contribution >= 0.6 is 15.9 Å². The van der Waals surface area contributed by atoms with Crippen LogP contribution in [0.1, 0.15) is 23.2 Å². The van der Waals surface area contributed by atoms with Gasteiger partial charge < -0.3 is 4.90 Å². The van der Waals surface area contributed by atoms with Crippen LogP contribution < -0.4 is 0 Å². The molecule has 0 unspecified atom stereocenters. The molecule has 1 heterocycles. The van der Waals surface area contributed by atoms with Gasteiger partial charge in [0, 0.05) is 18.4 Å². The number of nitrogens with zero attached hydrogens (tertiary/aromatic N) is 2. The first-order valence-electron chi connectivity index (χ1n) is 6.42. The Morgan fingerprint density at radius 1 is 1.33 bits per heavy atom. The fourth-order valence-electron chi connectivity index (χ4n) is 2.32. The molecule has 1 saturated heterocycles. The molecule has 5 nitrogen and oxygen atoms in total. The molecule has 0 aliphatic carbocycles. The summed E-state index contributed by atoms with van der Waals surface area (Å²) in [6, 6.07) is 1.06. The highest BCUT2D eigenvalue weighted by Crippen LogP contribution is 2.26. The fourth-order valence-corrected chi connectivity index (χ4v) is 2.97. The standard InChI is InChI=1S/C13H13BrF2N2O3/c14-7-8-1-3-17(4-2-8)13(19)9-5-10(15)11(16)6-12(9)18(20)21/h5-6,8H,1-4,7H2. The molecule has 1 aromatic rings. The molecule has 1 fully saturated rings. The second kappa shape index (κ2) is 6.46. The van der Waals surface area contributed by atoms with Gasteiger partial charge in [-0.2, -0.15) is 0 Å². The lowest BCUT2D eigenvalue weighted by Crippen LogP contribution is -2.39. The summed E-state index contributed by atoms with van der Waals surface area (Å²) in [7, 11) is 0. The first-order chi connectivity index (χ1) is 9.93. The van der Waals surface area contributed by atoms with Gasteiger partial charge in [0.15, 0.2) is 11.6 Å². The van der Waals surface area contributed by atoms with Crippen LogP contribution in [0.25, 0.3) is 0 Å². The maximum Gasteiger partial charge on any atom is 0.285 e. The molecule has 0 saturated carbocycles. The molecule has 2 rings (SSSR count). The SMILES string of the molecule is O=C(c1cc(F)c(F)cc1[N+](=O)[O-])N1CCC(CBr)CC1. The van der Waals surface area contributed by atoms with E-state index in [-0.39, 0.29) is 0 Å². The number of rotatable bonds is 3. The number of nitro groups is 1. The van der Waals surface area contributed by atoms with Gasteiger partial charge in [0.25, 0.3) is 11.6 Å². The molecule has 114 valence electrons. The molecule has 0 aromatic heterocycles. The zero-order valence-corrected chi connectivity index (χ0v) is 12.6. The minimum absolute atomic E-state index is 0.406. The highest BCUT2D eigenvalue weighted by molar-refractivity contribution is 9.09. The van der Waals surface area contributed by atoms with Crippen molar-refractivity contribution < 1.29 is 18.5 Å². The number of likely N-dealkylation sites (tertiary alicyclic amines) is 1. The van der Waals surface area contributed by atoms with Crippen molar-refractivity contribution >= 4 is 27.5 Å². The molecule has 1 aromatic carbocycles. The number of carbonyl (C=O) groups is 1. The summed E-state index contributed by atoms with van der Waals surface area (Å²) in [4.78, 5) is 23.8. The van der Waals surface area contributed by atoms with E-state index in [1.54, 1.807) is 0 Å². The number of halogens is 3. The molecular formula is C13H13BrF2N2O3. The van der Waals surface area contributed by atoms with Crippen LogP contribution in [0.2, 0.25) is 0 Å². The van der Waals surface area contributed by atoms with Crippen LogP contribution in [0.5, 0.6) is 0 Å². The molecule has 1 aliphatic rings. The third-order valence-corrected chi connectivity index (χ3v) is 4.50. The Kier molecular flexibility index (Phi) is 4.87. The lowest BCUT2D eigenvalue weighted by molar-refractivity contribution is -0.385. The summed E-state index contributed by atoms with van der Waals surface area (Å²) in [5, 5.41) is 11.7. The molecule has 21 heavy (non-hydrogen) atoms. The first kappa shape index (κ1) is 15.8. The first-order valence-corrected chi connectivity index (χ1v) is 7.55. The van der Waals surface area contributed by atoms with Gasteiger partial charge in [0.1, 0.15) is 5.56 Å². The maximum atomic E-state index is 13.3. The zero-order valence-electron chi connectivity index (χ0n) is 11.0. The van der Waals surface area contributed by atoms with E-state index in [1.807, 2.05) is 0 Å². The predicted octanol–water partition coefficient (Wildman–Crippen LogP) is 3.12. The average Bonchev–Trinajstić information content (AvgIpc) is 2.48. The Labute approximate surface area is 128 Å². The summed E-state index contributed by atoms with van der Waals surface area (Å²) in [6.07, 6.45) is 1.54. The van der Waals surface area contributed by atoms with Crippen molar-refractivity contribution in [3.63, 3.8) is 0 Å². The highest BCUT2D eigenvalue weighted by atomic mass is 79.9. The van der Waals surface area contributed by atoms with Gasteiger partial charge in [0.2, 0.25) is 0 Å². The third kappa shape index (κ3) is 3.37. The smallest absolute Gasteiger partial charge is 0.285 e.